The molecule has 2 N–H and O–H groups in total. The maximum absolute atomic E-state index is 11.9. The highest BCUT2D eigenvalue weighted by Crippen LogP contribution is 2.06. The molecule has 0 aliphatic rings. The molecule has 1 atom stereocenters. The van der Waals surface area contributed by atoms with Crippen molar-refractivity contribution in [3.63, 3.8) is 0 Å². The Hall–Kier alpha value is -1.10. The molecule has 5 nitrogen and oxygen atoms in total. The smallest absolute Gasteiger partial charge is 0.223 e. The maximum atomic E-state index is 11.9. The van der Waals surface area contributed by atoms with Gasteiger partial charge in [-0.05, 0) is 26.2 Å². The molecule has 0 aliphatic heterocycles. The average Bonchev–Trinajstić information content (AvgIpc) is 2.42. The van der Waals surface area contributed by atoms with Gasteiger partial charge in [0, 0.05) is 45.6 Å². The van der Waals surface area contributed by atoms with Crippen LogP contribution in [0.4, 0.5) is 0 Å². The van der Waals surface area contributed by atoms with Gasteiger partial charge in [-0.2, -0.15) is 0 Å². The Kier molecular flexibility index (Phi) is 9.21. The van der Waals surface area contributed by atoms with Crippen LogP contribution < -0.4 is 5.73 Å². The van der Waals surface area contributed by atoms with Crippen LogP contribution >= 0.6 is 0 Å². The van der Waals surface area contributed by atoms with Crippen molar-refractivity contribution in [2.45, 2.75) is 53.0 Å². The van der Waals surface area contributed by atoms with Crippen LogP contribution in [0.2, 0.25) is 0 Å². The second-order valence-electron chi connectivity index (χ2n) is 5.58. The molecular weight excluding hydrogens is 254 g/mol. The second kappa shape index (κ2) is 9.75. The Morgan fingerprint density at radius 1 is 1.05 bits per heavy atom. The van der Waals surface area contributed by atoms with Crippen LogP contribution in [0.3, 0.4) is 0 Å². The van der Waals surface area contributed by atoms with Gasteiger partial charge in [-0.1, -0.05) is 13.8 Å². The van der Waals surface area contributed by atoms with Gasteiger partial charge in [0.1, 0.15) is 0 Å². The van der Waals surface area contributed by atoms with Crippen molar-refractivity contribution in [1.29, 1.82) is 0 Å². The quantitative estimate of drug-likeness (QED) is 0.697. The molecule has 0 aliphatic carbocycles. The van der Waals surface area contributed by atoms with E-state index in [0.29, 0.717) is 32.0 Å². The van der Waals surface area contributed by atoms with Crippen molar-refractivity contribution in [3.8, 4) is 0 Å². The fraction of sp³-hybridized carbons (Fsp3) is 0.867. The first-order chi connectivity index (χ1) is 9.33. The number of hydrogen-bond acceptors (Lipinski definition) is 3. The highest BCUT2D eigenvalue weighted by atomic mass is 16.2. The van der Waals surface area contributed by atoms with Crippen LogP contribution in [-0.4, -0.2) is 54.3 Å². The molecule has 0 aromatic carbocycles. The summed E-state index contributed by atoms with van der Waals surface area (Å²) in [5.41, 5.74) is 5.96. The zero-order chi connectivity index (χ0) is 15.7. The van der Waals surface area contributed by atoms with Gasteiger partial charge in [0.2, 0.25) is 11.8 Å². The Labute approximate surface area is 123 Å². The Morgan fingerprint density at radius 3 is 2.00 bits per heavy atom. The molecule has 0 aromatic rings. The van der Waals surface area contributed by atoms with Crippen LogP contribution in [0, 0.1) is 5.92 Å². The lowest BCUT2D eigenvalue weighted by atomic mass is 10.0. The van der Waals surface area contributed by atoms with E-state index in [9.17, 15) is 9.59 Å². The van der Waals surface area contributed by atoms with Crippen molar-refractivity contribution in [1.82, 2.24) is 9.80 Å². The van der Waals surface area contributed by atoms with E-state index >= 15 is 0 Å². The van der Waals surface area contributed by atoms with Gasteiger partial charge >= 0.3 is 0 Å². The van der Waals surface area contributed by atoms with E-state index in [2.05, 4.69) is 13.8 Å². The molecule has 0 bridgehead atoms. The second-order valence-corrected chi connectivity index (χ2v) is 5.58. The largest absolute Gasteiger partial charge is 0.346 e. The summed E-state index contributed by atoms with van der Waals surface area (Å²) in [6.07, 6.45) is 1.37. The van der Waals surface area contributed by atoms with E-state index in [4.69, 9.17) is 5.73 Å². The van der Waals surface area contributed by atoms with Crippen molar-refractivity contribution >= 4 is 11.8 Å². The molecule has 0 saturated heterocycles. The molecule has 1 unspecified atom stereocenters. The van der Waals surface area contributed by atoms with E-state index in [0.717, 1.165) is 6.42 Å². The Bertz CT molecular complexity index is 301. The van der Waals surface area contributed by atoms with E-state index in [1.807, 2.05) is 13.8 Å². The van der Waals surface area contributed by atoms with E-state index in [1.54, 1.807) is 16.8 Å². The van der Waals surface area contributed by atoms with Crippen LogP contribution in [0.5, 0.6) is 0 Å². The zero-order valence-electron chi connectivity index (χ0n) is 13.7. The van der Waals surface area contributed by atoms with Gasteiger partial charge < -0.3 is 15.5 Å². The highest BCUT2D eigenvalue weighted by Gasteiger charge is 2.16. The van der Waals surface area contributed by atoms with Crippen molar-refractivity contribution in [2.24, 2.45) is 11.7 Å². The molecule has 0 rings (SSSR count). The normalized spacial score (nSPS) is 12.3. The van der Waals surface area contributed by atoms with Crippen LogP contribution in [0.15, 0.2) is 0 Å². The first-order valence-corrected chi connectivity index (χ1v) is 7.60. The van der Waals surface area contributed by atoms with Crippen LogP contribution in [0.25, 0.3) is 0 Å². The molecule has 2 amide bonds. The number of carbonyl (C=O) groups is 2. The summed E-state index contributed by atoms with van der Waals surface area (Å²) in [6.45, 7) is 10.1. The van der Waals surface area contributed by atoms with Gasteiger partial charge in [-0.15, -0.1) is 0 Å². The van der Waals surface area contributed by atoms with Crippen molar-refractivity contribution < 1.29 is 9.59 Å². The fourth-order valence-corrected chi connectivity index (χ4v) is 1.94. The molecule has 5 heteroatoms. The third-order valence-electron chi connectivity index (χ3n) is 3.75. The van der Waals surface area contributed by atoms with E-state index in [1.165, 1.54) is 0 Å². The van der Waals surface area contributed by atoms with Crippen LogP contribution in [0.1, 0.15) is 47.0 Å². The third kappa shape index (κ3) is 6.89. The monoisotopic (exact) mass is 285 g/mol. The molecular formula is C15H31N3O2. The standard InChI is InChI=1S/C15H31N3O2/c1-6-18(7-2)15(20)9-8-14(19)17(5)11-10-13(16)12(3)4/h12-13H,6-11,16H2,1-5H3. The number of hydrogen-bond donors (Lipinski definition) is 1. The van der Waals surface area contributed by atoms with Gasteiger partial charge in [0.25, 0.3) is 0 Å². The molecule has 0 saturated carbocycles. The van der Waals surface area contributed by atoms with Crippen LogP contribution in [-0.2, 0) is 9.59 Å². The van der Waals surface area contributed by atoms with Crippen molar-refractivity contribution in [2.75, 3.05) is 26.7 Å². The SMILES string of the molecule is CCN(CC)C(=O)CCC(=O)N(C)CCC(N)C(C)C. The molecule has 0 fully saturated rings. The summed E-state index contributed by atoms with van der Waals surface area (Å²) in [5, 5.41) is 0. The Balaban J connectivity index is 4.05. The maximum Gasteiger partial charge on any atom is 0.223 e. The summed E-state index contributed by atoms with van der Waals surface area (Å²) in [4.78, 5) is 27.2. The molecule has 0 heterocycles. The molecule has 0 spiro atoms. The van der Waals surface area contributed by atoms with Gasteiger partial charge in [-0.25, -0.2) is 0 Å². The first-order valence-electron chi connectivity index (χ1n) is 7.60. The number of rotatable bonds is 9. The van der Waals surface area contributed by atoms with Crippen molar-refractivity contribution in [3.05, 3.63) is 0 Å². The number of carbonyl (C=O) groups excluding carboxylic acids is 2. The fourth-order valence-electron chi connectivity index (χ4n) is 1.94. The summed E-state index contributed by atoms with van der Waals surface area (Å²) < 4.78 is 0. The number of amides is 2. The minimum atomic E-state index is 0.0152. The van der Waals surface area contributed by atoms with E-state index in [-0.39, 0.29) is 24.3 Å². The van der Waals surface area contributed by atoms with Gasteiger partial charge in [-0.3, -0.25) is 9.59 Å². The molecule has 20 heavy (non-hydrogen) atoms. The van der Waals surface area contributed by atoms with Gasteiger partial charge in [0.05, 0.1) is 0 Å². The minimum absolute atomic E-state index is 0.0152. The predicted octanol–water partition coefficient (Wildman–Crippen LogP) is 1.47. The lowest BCUT2D eigenvalue weighted by molar-refractivity contribution is -0.136. The highest BCUT2D eigenvalue weighted by molar-refractivity contribution is 5.83. The Morgan fingerprint density at radius 2 is 1.55 bits per heavy atom. The topological polar surface area (TPSA) is 66.6 Å². The number of nitrogens with two attached hydrogens (primary N) is 1. The zero-order valence-corrected chi connectivity index (χ0v) is 13.7. The van der Waals surface area contributed by atoms with Gasteiger partial charge in [0.15, 0.2) is 0 Å². The minimum Gasteiger partial charge on any atom is -0.346 e. The lowest BCUT2D eigenvalue weighted by Gasteiger charge is -2.22. The summed E-state index contributed by atoms with van der Waals surface area (Å²) in [5.74, 6) is 0.486. The molecule has 0 aromatic heterocycles. The first kappa shape index (κ1) is 18.9. The summed E-state index contributed by atoms with van der Waals surface area (Å²) in [6, 6.07) is 0.113. The van der Waals surface area contributed by atoms with E-state index < -0.39 is 0 Å². The lowest BCUT2D eigenvalue weighted by Crippen LogP contribution is -2.36. The average molecular weight is 285 g/mol. The third-order valence-corrected chi connectivity index (χ3v) is 3.75. The molecule has 0 radical (unpaired) electrons. The summed E-state index contributed by atoms with van der Waals surface area (Å²) >= 11 is 0. The summed E-state index contributed by atoms with van der Waals surface area (Å²) in [7, 11) is 1.78. The predicted molar refractivity (Wildman–Crippen MR) is 82.2 cm³/mol. The molecule has 118 valence electrons. The number of nitrogens with zero attached hydrogens (tertiary/aromatic N) is 2.